The van der Waals surface area contributed by atoms with E-state index in [2.05, 4.69) is 62.5 Å². The molecular weight excluding hydrogens is 170 g/mol. The Morgan fingerprint density at radius 1 is 1.14 bits per heavy atom. The molecule has 0 unspecified atom stereocenters. The van der Waals surface area contributed by atoms with Crippen molar-refractivity contribution in [2.75, 3.05) is 6.54 Å². The van der Waals surface area contributed by atoms with Gasteiger partial charge in [-0.2, -0.15) is 0 Å². The van der Waals surface area contributed by atoms with E-state index in [9.17, 15) is 0 Å². The molecule has 0 atom stereocenters. The van der Waals surface area contributed by atoms with Crippen LogP contribution in [0.5, 0.6) is 0 Å². The summed E-state index contributed by atoms with van der Waals surface area (Å²) < 4.78 is 0. The maximum Gasteiger partial charge on any atom is 0.0143 e. The minimum atomic E-state index is 0.195. The molecule has 1 aromatic rings. The van der Waals surface area contributed by atoms with Crippen LogP contribution >= 0.6 is 0 Å². The molecule has 0 saturated heterocycles. The van der Waals surface area contributed by atoms with Gasteiger partial charge in [0.1, 0.15) is 0 Å². The summed E-state index contributed by atoms with van der Waals surface area (Å²) >= 11 is 0. The first-order valence-corrected chi connectivity index (χ1v) is 5.04. The zero-order valence-corrected chi connectivity index (χ0v) is 9.25. The molecular formula is C13H19N. The average molecular weight is 189 g/mol. The fourth-order valence-corrected chi connectivity index (χ4v) is 1.12. The highest BCUT2D eigenvalue weighted by Gasteiger charge is 2.05. The smallest absolute Gasteiger partial charge is 0.0143 e. The Bertz CT molecular complexity index is 280. The van der Waals surface area contributed by atoms with E-state index in [0.717, 1.165) is 6.54 Å². The monoisotopic (exact) mass is 189 g/mol. The van der Waals surface area contributed by atoms with Crippen molar-refractivity contribution in [2.45, 2.75) is 26.3 Å². The molecule has 0 fully saturated rings. The molecule has 0 spiro atoms. The summed E-state index contributed by atoms with van der Waals surface area (Å²) in [4.78, 5) is 0. The number of rotatable bonds is 3. The Hall–Kier alpha value is -1.08. The number of nitrogens with one attached hydrogen (secondary N) is 1. The van der Waals surface area contributed by atoms with Crippen molar-refractivity contribution in [3.05, 3.63) is 42.0 Å². The summed E-state index contributed by atoms with van der Waals surface area (Å²) in [5.74, 6) is 0. The van der Waals surface area contributed by atoms with Gasteiger partial charge in [-0.25, -0.2) is 0 Å². The highest BCUT2D eigenvalue weighted by atomic mass is 14.9. The lowest BCUT2D eigenvalue weighted by molar-refractivity contribution is 0.450. The lowest BCUT2D eigenvalue weighted by Gasteiger charge is -2.18. The Morgan fingerprint density at radius 2 is 1.79 bits per heavy atom. The molecule has 0 radical (unpaired) electrons. The van der Waals surface area contributed by atoms with Crippen molar-refractivity contribution in [1.29, 1.82) is 0 Å². The van der Waals surface area contributed by atoms with Gasteiger partial charge in [0.05, 0.1) is 0 Å². The van der Waals surface area contributed by atoms with Crippen LogP contribution in [-0.2, 0) is 0 Å². The maximum atomic E-state index is 3.41. The first-order valence-electron chi connectivity index (χ1n) is 5.04. The molecule has 76 valence electrons. The second kappa shape index (κ2) is 4.97. The molecule has 1 heteroatoms. The fraction of sp³-hybridized carbons (Fsp3) is 0.385. The second-order valence-electron chi connectivity index (χ2n) is 4.44. The van der Waals surface area contributed by atoms with Crippen molar-refractivity contribution in [1.82, 2.24) is 5.32 Å². The van der Waals surface area contributed by atoms with Crippen molar-refractivity contribution in [2.24, 2.45) is 0 Å². The first-order chi connectivity index (χ1) is 6.58. The van der Waals surface area contributed by atoms with E-state index in [1.54, 1.807) is 0 Å². The molecule has 1 aromatic carbocycles. The largest absolute Gasteiger partial charge is 0.309 e. The lowest BCUT2D eigenvalue weighted by Crippen LogP contribution is -2.35. The molecule has 1 N–H and O–H groups in total. The summed E-state index contributed by atoms with van der Waals surface area (Å²) in [6.07, 6.45) is 4.29. The molecule has 0 aliphatic carbocycles. The van der Waals surface area contributed by atoms with E-state index >= 15 is 0 Å². The third-order valence-electron chi connectivity index (χ3n) is 1.86. The molecule has 0 heterocycles. The van der Waals surface area contributed by atoms with Crippen LogP contribution in [0.4, 0.5) is 0 Å². The van der Waals surface area contributed by atoms with Crippen LogP contribution in [0.1, 0.15) is 26.3 Å². The third kappa shape index (κ3) is 4.83. The van der Waals surface area contributed by atoms with Gasteiger partial charge in [0.15, 0.2) is 0 Å². The fourth-order valence-electron chi connectivity index (χ4n) is 1.12. The topological polar surface area (TPSA) is 12.0 Å². The van der Waals surface area contributed by atoms with Gasteiger partial charge in [-0.05, 0) is 26.3 Å². The van der Waals surface area contributed by atoms with Gasteiger partial charge in [-0.3, -0.25) is 0 Å². The zero-order chi connectivity index (χ0) is 10.4. The van der Waals surface area contributed by atoms with Crippen LogP contribution in [0.25, 0.3) is 6.08 Å². The highest BCUT2D eigenvalue weighted by molar-refractivity contribution is 5.48. The quantitative estimate of drug-likeness (QED) is 0.770. The van der Waals surface area contributed by atoms with E-state index in [1.807, 2.05) is 6.07 Å². The minimum Gasteiger partial charge on any atom is -0.309 e. The molecule has 0 aliphatic rings. The highest BCUT2D eigenvalue weighted by Crippen LogP contribution is 2.01. The van der Waals surface area contributed by atoms with Gasteiger partial charge in [-0.15, -0.1) is 0 Å². The number of hydrogen-bond donors (Lipinski definition) is 1. The maximum absolute atomic E-state index is 3.41. The van der Waals surface area contributed by atoms with E-state index < -0.39 is 0 Å². The van der Waals surface area contributed by atoms with Crippen LogP contribution in [-0.4, -0.2) is 12.1 Å². The summed E-state index contributed by atoms with van der Waals surface area (Å²) in [6.45, 7) is 7.43. The van der Waals surface area contributed by atoms with Crippen molar-refractivity contribution < 1.29 is 0 Å². The van der Waals surface area contributed by atoms with Gasteiger partial charge < -0.3 is 5.32 Å². The molecule has 0 saturated carbocycles. The van der Waals surface area contributed by atoms with E-state index in [4.69, 9.17) is 0 Å². The Balaban J connectivity index is 2.35. The molecule has 14 heavy (non-hydrogen) atoms. The molecule has 1 rings (SSSR count). The summed E-state index contributed by atoms with van der Waals surface area (Å²) in [5.41, 5.74) is 1.45. The van der Waals surface area contributed by atoms with Crippen LogP contribution < -0.4 is 5.32 Å². The first kappa shape index (κ1) is 11.0. The number of benzene rings is 1. The van der Waals surface area contributed by atoms with Gasteiger partial charge in [0.25, 0.3) is 0 Å². The van der Waals surface area contributed by atoms with Crippen LogP contribution in [0.3, 0.4) is 0 Å². The predicted molar refractivity (Wildman–Crippen MR) is 63.2 cm³/mol. The Morgan fingerprint density at radius 3 is 2.36 bits per heavy atom. The van der Waals surface area contributed by atoms with Crippen molar-refractivity contribution >= 4 is 6.08 Å². The summed E-state index contributed by atoms with van der Waals surface area (Å²) in [5, 5.41) is 3.41. The van der Waals surface area contributed by atoms with E-state index in [1.165, 1.54) is 5.56 Å². The summed E-state index contributed by atoms with van der Waals surface area (Å²) in [6, 6.07) is 10.3. The molecule has 1 nitrogen and oxygen atoms in total. The third-order valence-corrected chi connectivity index (χ3v) is 1.86. The van der Waals surface area contributed by atoms with Crippen molar-refractivity contribution in [3.8, 4) is 0 Å². The predicted octanol–water partition coefficient (Wildman–Crippen LogP) is 3.09. The SMILES string of the molecule is CC(C)(C)NC/C=C\c1ccccc1. The molecule has 0 aliphatic heterocycles. The van der Waals surface area contributed by atoms with Crippen LogP contribution in [0.15, 0.2) is 36.4 Å². The number of hydrogen-bond acceptors (Lipinski definition) is 1. The van der Waals surface area contributed by atoms with Gasteiger partial charge >= 0.3 is 0 Å². The average Bonchev–Trinajstić information content (AvgIpc) is 2.13. The Labute approximate surface area is 86.8 Å². The minimum absolute atomic E-state index is 0.195. The standard InChI is InChI=1S/C13H19N/c1-13(2,3)14-11-7-10-12-8-5-4-6-9-12/h4-10,14H,11H2,1-3H3/b10-7-. The summed E-state index contributed by atoms with van der Waals surface area (Å²) in [7, 11) is 0. The molecule has 0 amide bonds. The van der Waals surface area contributed by atoms with E-state index in [-0.39, 0.29) is 5.54 Å². The van der Waals surface area contributed by atoms with Crippen LogP contribution in [0.2, 0.25) is 0 Å². The van der Waals surface area contributed by atoms with Crippen LogP contribution in [0, 0.1) is 0 Å². The van der Waals surface area contributed by atoms with Crippen molar-refractivity contribution in [3.63, 3.8) is 0 Å². The lowest BCUT2D eigenvalue weighted by atomic mass is 10.1. The van der Waals surface area contributed by atoms with E-state index in [0.29, 0.717) is 0 Å². The van der Waals surface area contributed by atoms with Gasteiger partial charge in [0.2, 0.25) is 0 Å². The molecule has 0 aromatic heterocycles. The second-order valence-corrected chi connectivity index (χ2v) is 4.44. The van der Waals surface area contributed by atoms with Gasteiger partial charge in [-0.1, -0.05) is 42.5 Å². The Kier molecular flexibility index (Phi) is 3.90. The zero-order valence-electron chi connectivity index (χ0n) is 9.25. The molecule has 0 bridgehead atoms. The normalized spacial score (nSPS) is 12.2. The van der Waals surface area contributed by atoms with Gasteiger partial charge in [0, 0.05) is 12.1 Å².